The second kappa shape index (κ2) is 9.42. The Labute approximate surface area is 136 Å². The highest BCUT2D eigenvalue weighted by molar-refractivity contribution is 8.00. The second-order valence-electron chi connectivity index (χ2n) is 5.61. The Bertz CT molecular complexity index is 427. The molecule has 1 aromatic carbocycles. The molecule has 1 fully saturated rings. The zero-order valence-electron chi connectivity index (χ0n) is 12.8. The third kappa shape index (κ3) is 6.79. The first-order valence-corrected chi connectivity index (χ1v) is 9.96. The monoisotopic (exact) mass is 323 g/mol. The summed E-state index contributed by atoms with van der Waals surface area (Å²) in [5.41, 5.74) is 2.57. The van der Waals surface area contributed by atoms with E-state index < -0.39 is 0 Å². The fraction of sp³-hybridized carbons (Fsp3) is 0.588. The van der Waals surface area contributed by atoms with Crippen LogP contribution in [0.1, 0.15) is 36.8 Å². The number of hydrogen-bond donors (Lipinski definition) is 1. The third-order valence-electron chi connectivity index (χ3n) is 3.70. The first-order chi connectivity index (χ1) is 10.2. The van der Waals surface area contributed by atoms with E-state index in [2.05, 4.69) is 36.5 Å². The second-order valence-corrected chi connectivity index (χ2v) is 8.00. The van der Waals surface area contributed by atoms with Crippen LogP contribution in [0.4, 0.5) is 0 Å². The first kappa shape index (κ1) is 16.8. The number of rotatable bonds is 8. The number of thioether (sulfide) groups is 2. The molecule has 0 bridgehead atoms. The summed E-state index contributed by atoms with van der Waals surface area (Å²) in [5.74, 6) is 2.69. The van der Waals surface area contributed by atoms with E-state index in [-0.39, 0.29) is 5.91 Å². The standard InChI is InChI=1S/C17H25NOS2/c1-14-6-8-15(9-7-14)12-20-13-17(19)18-10-11-21-16-4-2-3-5-16/h6-9,16H,2-5,10-13H2,1H3,(H,18,19). The van der Waals surface area contributed by atoms with E-state index in [0.717, 1.165) is 23.3 Å². The molecule has 1 aliphatic carbocycles. The summed E-state index contributed by atoms with van der Waals surface area (Å²) in [6.07, 6.45) is 5.51. The lowest BCUT2D eigenvalue weighted by molar-refractivity contribution is -0.118. The fourth-order valence-electron chi connectivity index (χ4n) is 2.47. The van der Waals surface area contributed by atoms with Gasteiger partial charge in [0.25, 0.3) is 0 Å². The maximum absolute atomic E-state index is 11.7. The maximum atomic E-state index is 11.7. The van der Waals surface area contributed by atoms with Crippen molar-refractivity contribution in [2.75, 3.05) is 18.1 Å². The molecule has 1 N–H and O–H groups in total. The number of nitrogens with one attached hydrogen (secondary N) is 1. The quantitative estimate of drug-likeness (QED) is 0.733. The van der Waals surface area contributed by atoms with Crippen LogP contribution in [0.3, 0.4) is 0 Å². The summed E-state index contributed by atoms with van der Waals surface area (Å²) >= 11 is 3.71. The zero-order valence-corrected chi connectivity index (χ0v) is 14.4. The molecule has 4 heteroatoms. The minimum Gasteiger partial charge on any atom is -0.355 e. The molecule has 1 amide bonds. The Kier molecular flexibility index (Phi) is 7.51. The molecule has 0 aromatic heterocycles. The summed E-state index contributed by atoms with van der Waals surface area (Å²) in [5, 5.41) is 3.87. The fourth-order valence-corrected chi connectivity index (χ4v) is 4.51. The van der Waals surface area contributed by atoms with Crippen molar-refractivity contribution in [3.05, 3.63) is 35.4 Å². The predicted molar refractivity (Wildman–Crippen MR) is 95.1 cm³/mol. The summed E-state index contributed by atoms with van der Waals surface area (Å²) in [4.78, 5) is 11.7. The van der Waals surface area contributed by atoms with Gasteiger partial charge in [-0.05, 0) is 25.3 Å². The molecule has 1 aromatic rings. The molecule has 116 valence electrons. The third-order valence-corrected chi connectivity index (χ3v) is 6.09. The van der Waals surface area contributed by atoms with Gasteiger partial charge in [-0.3, -0.25) is 4.79 Å². The van der Waals surface area contributed by atoms with Crippen molar-refractivity contribution < 1.29 is 4.79 Å². The molecule has 0 aliphatic heterocycles. The van der Waals surface area contributed by atoms with Gasteiger partial charge in [-0.2, -0.15) is 11.8 Å². The van der Waals surface area contributed by atoms with Crippen molar-refractivity contribution in [2.24, 2.45) is 0 Å². The van der Waals surface area contributed by atoms with Crippen molar-refractivity contribution in [3.63, 3.8) is 0 Å². The highest BCUT2D eigenvalue weighted by Crippen LogP contribution is 2.28. The first-order valence-electron chi connectivity index (χ1n) is 7.75. The van der Waals surface area contributed by atoms with Gasteiger partial charge in [0.2, 0.25) is 5.91 Å². The molecular weight excluding hydrogens is 298 g/mol. The molecule has 0 radical (unpaired) electrons. The van der Waals surface area contributed by atoms with Crippen LogP contribution in [-0.2, 0) is 10.5 Å². The molecule has 0 atom stereocenters. The molecule has 21 heavy (non-hydrogen) atoms. The van der Waals surface area contributed by atoms with E-state index in [1.807, 2.05) is 11.8 Å². The number of aryl methyl sites for hydroxylation is 1. The highest BCUT2D eigenvalue weighted by atomic mass is 32.2. The molecular formula is C17H25NOS2. The lowest BCUT2D eigenvalue weighted by Gasteiger charge is -2.09. The van der Waals surface area contributed by atoms with E-state index in [0.29, 0.717) is 5.75 Å². The van der Waals surface area contributed by atoms with E-state index in [1.54, 1.807) is 11.8 Å². The lowest BCUT2D eigenvalue weighted by Crippen LogP contribution is -2.27. The van der Waals surface area contributed by atoms with Gasteiger partial charge in [-0.25, -0.2) is 0 Å². The van der Waals surface area contributed by atoms with E-state index >= 15 is 0 Å². The van der Waals surface area contributed by atoms with Crippen LogP contribution in [-0.4, -0.2) is 29.2 Å². The Morgan fingerprint density at radius 1 is 1.24 bits per heavy atom. The number of benzene rings is 1. The number of hydrogen-bond acceptors (Lipinski definition) is 3. The summed E-state index contributed by atoms with van der Waals surface area (Å²) in [6.45, 7) is 2.90. The van der Waals surface area contributed by atoms with Gasteiger partial charge in [0.15, 0.2) is 0 Å². The summed E-state index contributed by atoms with van der Waals surface area (Å²) < 4.78 is 0. The minimum atomic E-state index is 0.166. The van der Waals surface area contributed by atoms with Gasteiger partial charge in [-0.15, -0.1) is 11.8 Å². The van der Waals surface area contributed by atoms with Crippen LogP contribution in [0.15, 0.2) is 24.3 Å². The van der Waals surface area contributed by atoms with Crippen molar-refractivity contribution in [3.8, 4) is 0 Å². The molecule has 0 unspecified atom stereocenters. The van der Waals surface area contributed by atoms with Gasteiger partial charge in [-0.1, -0.05) is 42.7 Å². The van der Waals surface area contributed by atoms with Gasteiger partial charge in [0, 0.05) is 23.3 Å². The normalized spacial score (nSPS) is 15.3. The van der Waals surface area contributed by atoms with E-state index in [9.17, 15) is 4.79 Å². The molecule has 2 nitrogen and oxygen atoms in total. The average Bonchev–Trinajstić information content (AvgIpc) is 2.99. The topological polar surface area (TPSA) is 29.1 Å². The van der Waals surface area contributed by atoms with Crippen molar-refractivity contribution in [1.82, 2.24) is 5.32 Å². The van der Waals surface area contributed by atoms with Crippen LogP contribution >= 0.6 is 23.5 Å². The predicted octanol–water partition coefficient (Wildman–Crippen LogP) is 4.02. The molecule has 0 spiro atoms. The Balaban J connectivity index is 1.50. The number of amides is 1. The number of carbonyl (C=O) groups excluding carboxylic acids is 1. The summed E-state index contributed by atoms with van der Waals surface area (Å²) in [7, 11) is 0. The van der Waals surface area contributed by atoms with E-state index in [1.165, 1.54) is 36.8 Å². The van der Waals surface area contributed by atoms with Crippen LogP contribution in [0.25, 0.3) is 0 Å². The van der Waals surface area contributed by atoms with Crippen LogP contribution in [0, 0.1) is 6.92 Å². The minimum absolute atomic E-state index is 0.166. The van der Waals surface area contributed by atoms with Crippen LogP contribution < -0.4 is 5.32 Å². The Morgan fingerprint density at radius 2 is 1.95 bits per heavy atom. The molecule has 1 aliphatic rings. The van der Waals surface area contributed by atoms with Gasteiger partial charge >= 0.3 is 0 Å². The number of carbonyl (C=O) groups is 1. The van der Waals surface area contributed by atoms with Crippen LogP contribution in [0.2, 0.25) is 0 Å². The van der Waals surface area contributed by atoms with E-state index in [4.69, 9.17) is 0 Å². The van der Waals surface area contributed by atoms with Crippen molar-refractivity contribution in [1.29, 1.82) is 0 Å². The summed E-state index contributed by atoms with van der Waals surface area (Å²) in [6, 6.07) is 8.52. The smallest absolute Gasteiger partial charge is 0.230 e. The molecule has 1 saturated carbocycles. The van der Waals surface area contributed by atoms with Gasteiger partial charge in [0.1, 0.15) is 0 Å². The molecule has 2 rings (SSSR count). The van der Waals surface area contributed by atoms with Gasteiger partial charge in [0.05, 0.1) is 5.75 Å². The Hall–Kier alpha value is -0.610. The average molecular weight is 324 g/mol. The molecule has 0 saturated heterocycles. The van der Waals surface area contributed by atoms with Crippen molar-refractivity contribution >= 4 is 29.4 Å². The lowest BCUT2D eigenvalue weighted by atomic mass is 10.2. The SMILES string of the molecule is Cc1ccc(CSCC(=O)NCCSC2CCCC2)cc1. The van der Waals surface area contributed by atoms with Crippen LogP contribution in [0.5, 0.6) is 0 Å². The largest absolute Gasteiger partial charge is 0.355 e. The molecule has 0 heterocycles. The van der Waals surface area contributed by atoms with Crippen molar-refractivity contribution in [2.45, 2.75) is 43.6 Å². The zero-order chi connectivity index (χ0) is 14.9. The maximum Gasteiger partial charge on any atom is 0.230 e. The highest BCUT2D eigenvalue weighted by Gasteiger charge is 2.14. The van der Waals surface area contributed by atoms with Gasteiger partial charge < -0.3 is 5.32 Å². The Morgan fingerprint density at radius 3 is 2.67 bits per heavy atom.